The molecule has 0 saturated heterocycles. The number of rotatable bonds is 5. The third-order valence-electron chi connectivity index (χ3n) is 3.20. The molecule has 0 aromatic carbocycles. The highest BCUT2D eigenvalue weighted by atomic mass is 16.5. The zero-order valence-corrected chi connectivity index (χ0v) is 10.6. The van der Waals surface area contributed by atoms with Crippen molar-refractivity contribution in [2.75, 3.05) is 7.11 Å². The summed E-state index contributed by atoms with van der Waals surface area (Å²) in [5, 5.41) is 15.3. The first kappa shape index (κ1) is 13.5. The van der Waals surface area contributed by atoms with Crippen LogP contribution in [0.4, 0.5) is 0 Å². The molecule has 0 radical (unpaired) electrons. The van der Waals surface area contributed by atoms with E-state index in [2.05, 4.69) is 10.5 Å². The van der Waals surface area contributed by atoms with E-state index in [4.69, 9.17) is 14.4 Å². The number of aromatic nitrogens is 1. The topological polar surface area (TPSA) is 102 Å². The van der Waals surface area contributed by atoms with Gasteiger partial charge in [0.05, 0.1) is 5.92 Å². The zero-order chi connectivity index (χ0) is 13.8. The second kappa shape index (κ2) is 5.83. The molecule has 1 saturated carbocycles. The fourth-order valence-corrected chi connectivity index (χ4v) is 2.23. The highest BCUT2D eigenvalue weighted by molar-refractivity contribution is 5.92. The van der Waals surface area contributed by atoms with Crippen molar-refractivity contribution < 1.29 is 24.0 Å². The molecule has 2 atom stereocenters. The molecule has 0 spiro atoms. The Morgan fingerprint density at radius 1 is 1.58 bits per heavy atom. The normalized spacial score (nSPS) is 22.4. The lowest BCUT2D eigenvalue weighted by molar-refractivity contribution is -0.141. The molecule has 1 aromatic heterocycles. The van der Waals surface area contributed by atoms with Crippen LogP contribution in [0.5, 0.6) is 0 Å². The molecule has 7 heteroatoms. The quantitative estimate of drug-likeness (QED) is 0.819. The Morgan fingerprint density at radius 2 is 2.37 bits per heavy atom. The Bertz CT molecular complexity index is 470. The van der Waals surface area contributed by atoms with Gasteiger partial charge < -0.3 is 19.7 Å². The van der Waals surface area contributed by atoms with Crippen LogP contribution in [0.15, 0.2) is 10.6 Å². The molecule has 0 bridgehead atoms. The molecule has 2 N–H and O–H groups in total. The third kappa shape index (κ3) is 3.31. The first-order valence-corrected chi connectivity index (χ1v) is 6.08. The standard InChI is InChI=1S/C12H16N2O5/c1-18-6-9-5-10(14-19-9)11(15)13-8-3-2-7(4-8)12(16)17/h5,7-8H,2-4,6H2,1H3,(H,13,15)(H,16,17)/t7-,8+/m1/s1. The van der Waals surface area contributed by atoms with E-state index < -0.39 is 5.97 Å². The largest absolute Gasteiger partial charge is 0.481 e. The minimum Gasteiger partial charge on any atom is -0.481 e. The number of aliphatic carboxylic acids is 1. The number of carbonyl (C=O) groups excluding carboxylic acids is 1. The molecule has 0 aliphatic heterocycles. The number of ether oxygens (including phenoxy) is 1. The van der Waals surface area contributed by atoms with Crippen molar-refractivity contribution >= 4 is 11.9 Å². The summed E-state index contributed by atoms with van der Waals surface area (Å²) in [6.07, 6.45) is 1.73. The van der Waals surface area contributed by atoms with Crippen molar-refractivity contribution in [3.8, 4) is 0 Å². The fourth-order valence-electron chi connectivity index (χ4n) is 2.23. The number of nitrogens with one attached hydrogen (secondary N) is 1. The van der Waals surface area contributed by atoms with E-state index in [0.717, 1.165) is 0 Å². The van der Waals surface area contributed by atoms with E-state index in [1.54, 1.807) is 0 Å². The molecule has 7 nitrogen and oxygen atoms in total. The fraction of sp³-hybridized carbons (Fsp3) is 0.583. The molecule has 19 heavy (non-hydrogen) atoms. The lowest BCUT2D eigenvalue weighted by Crippen LogP contribution is -2.33. The molecule has 2 rings (SSSR count). The van der Waals surface area contributed by atoms with Crippen molar-refractivity contribution in [1.29, 1.82) is 0 Å². The van der Waals surface area contributed by atoms with Crippen molar-refractivity contribution in [1.82, 2.24) is 10.5 Å². The summed E-state index contributed by atoms with van der Waals surface area (Å²) in [5.41, 5.74) is 0.186. The van der Waals surface area contributed by atoms with Crippen LogP contribution in [0.1, 0.15) is 35.5 Å². The monoisotopic (exact) mass is 268 g/mol. The van der Waals surface area contributed by atoms with Crippen LogP contribution in [-0.2, 0) is 16.1 Å². The van der Waals surface area contributed by atoms with E-state index >= 15 is 0 Å². The van der Waals surface area contributed by atoms with Crippen molar-refractivity contribution in [2.45, 2.75) is 31.9 Å². The van der Waals surface area contributed by atoms with E-state index in [9.17, 15) is 9.59 Å². The molecule has 1 fully saturated rings. The van der Waals surface area contributed by atoms with Gasteiger partial charge in [0, 0.05) is 19.2 Å². The van der Waals surface area contributed by atoms with Gasteiger partial charge >= 0.3 is 5.97 Å². The molecule has 1 heterocycles. The second-order valence-electron chi connectivity index (χ2n) is 4.63. The van der Waals surface area contributed by atoms with Crippen molar-refractivity contribution in [3.63, 3.8) is 0 Å². The summed E-state index contributed by atoms with van der Waals surface area (Å²) < 4.78 is 9.78. The minimum absolute atomic E-state index is 0.115. The van der Waals surface area contributed by atoms with Gasteiger partial charge in [-0.1, -0.05) is 5.16 Å². The average molecular weight is 268 g/mol. The van der Waals surface area contributed by atoms with Crippen molar-refractivity contribution in [2.24, 2.45) is 5.92 Å². The highest BCUT2D eigenvalue weighted by Gasteiger charge is 2.31. The summed E-state index contributed by atoms with van der Waals surface area (Å²) in [7, 11) is 1.52. The number of carbonyl (C=O) groups is 2. The average Bonchev–Trinajstić information content (AvgIpc) is 2.98. The van der Waals surface area contributed by atoms with Crippen LogP contribution in [0.25, 0.3) is 0 Å². The van der Waals surface area contributed by atoms with Crippen LogP contribution in [0, 0.1) is 5.92 Å². The van der Waals surface area contributed by atoms with Crippen molar-refractivity contribution in [3.05, 3.63) is 17.5 Å². The van der Waals surface area contributed by atoms with Gasteiger partial charge in [0.25, 0.3) is 5.91 Å². The van der Waals surface area contributed by atoms with Gasteiger partial charge in [-0.15, -0.1) is 0 Å². The number of carboxylic acid groups (broad SMARTS) is 1. The van der Waals surface area contributed by atoms with Crippen LogP contribution in [0.3, 0.4) is 0 Å². The Balaban J connectivity index is 1.88. The van der Waals surface area contributed by atoms with Gasteiger partial charge in [-0.05, 0) is 19.3 Å². The molecule has 1 amide bonds. The first-order valence-electron chi connectivity index (χ1n) is 6.08. The smallest absolute Gasteiger partial charge is 0.306 e. The Hall–Kier alpha value is -1.89. The Morgan fingerprint density at radius 3 is 3.00 bits per heavy atom. The Kier molecular flexibility index (Phi) is 4.16. The molecular formula is C12H16N2O5. The highest BCUT2D eigenvalue weighted by Crippen LogP contribution is 2.25. The summed E-state index contributed by atoms with van der Waals surface area (Å²) in [4.78, 5) is 22.7. The summed E-state index contributed by atoms with van der Waals surface area (Å²) >= 11 is 0. The summed E-state index contributed by atoms with van der Waals surface area (Å²) in [5.74, 6) is -1.04. The summed E-state index contributed by atoms with van der Waals surface area (Å²) in [6.45, 7) is 0.255. The maximum absolute atomic E-state index is 11.9. The molecule has 104 valence electrons. The van der Waals surface area contributed by atoms with Crippen LogP contribution < -0.4 is 5.32 Å². The van der Waals surface area contributed by atoms with E-state index in [-0.39, 0.29) is 30.2 Å². The Labute approximate surface area is 109 Å². The molecule has 1 aliphatic rings. The second-order valence-corrected chi connectivity index (χ2v) is 4.63. The maximum Gasteiger partial charge on any atom is 0.306 e. The number of amides is 1. The zero-order valence-electron chi connectivity index (χ0n) is 10.6. The van der Waals surface area contributed by atoms with Gasteiger partial charge in [0.1, 0.15) is 6.61 Å². The lowest BCUT2D eigenvalue weighted by Gasteiger charge is -2.10. The van der Waals surface area contributed by atoms with E-state index in [1.807, 2.05) is 0 Å². The molecule has 0 unspecified atom stereocenters. The number of carboxylic acids is 1. The first-order chi connectivity index (χ1) is 9.10. The van der Waals surface area contributed by atoms with Gasteiger partial charge in [-0.2, -0.15) is 0 Å². The third-order valence-corrected chi connectivity index (χ3v) is 3.20. The molecule has 1 aliphatic carbocycles. The van der Waals surface area contributed by atoms with Gasteiger partial charge in [-0.25, -0.2) is 0 Å². The molecule has 1 aromatic rings. The minimum atomic E-state index is -0.805. The van der Waals surface area contributed by atoms with Gasteiger partial charge in [0.2, 0.25) is 0 Å². The number of hydrogen-bond acceptors (Lipinski definition) is 5. The van der Waals surface area contributed by atoms with E-state index in [1.165, 1.54) is 13.2 Å². The maximum atomic E-state index is 11.9. The molecular weight excluding hydrogens is 252 g/mol. The van der Waals surface area contributed by atoms with Gasteiger partial charge in [0.15, 0.2) is 11.5 Å². The van der Waals surface area contributed by atoms with E-state index in [0.29, 0.717) is 25.0 Å². The van der Waals surface area contributed by atoms with Crippen LogP contribution >= 0.6 is 0 Å². The van der Waals surface area contributed by atoms with Gasteiger partial charge in [-0.3, -0.25) is 9.59 Å². The lowest BCUT2D eigenvalue weighted by atomic mass is 10.1. The number of methoxy groups -OCH3 is 1. The number of nitrogens with zero attached hydrogens (tertiary/aromatic N) is 1. The predicted molar refractivity (Wildman–Crippen MR) is 63.4 cm³/mol. The SMILES string of the molecule is COCc1cc(C(=O)N[C@H]2CC[C@@H](C(=O)O)C2)no1. The van der Waals surface area contributed by atoms with Crippen LogP contribution in [0.2, 0.25) is 0 Å². The number of hydrogen-bond donors (Lipinski definition) is 2. The summed E-state index contributed by atoms with van der Waals surface area (Å²) in [6, 6.07) is 1.40. The predicted octanol–water partition coefficient (Wildman–Crippen LogP) is 0.804. The van der Waals surface area contributed by atoms with Crippen LogP contribution in [-0.4, -0.2) is 35.3 Å².